The molecule has 0 spiro atoms. The van der Waals surface area contributed by atoms with Gasteiger partial charge in [0.25, 0.3) is 5.91 Å². The van der Waals surface area contributed by atoms with Crippen molar-refractivity contribution >= 4 is 16.9 Å². The Morgan fingerprint density at radius 2 is 2.16 bits per heavy atom. The van der Waals surface area contributed by atoms with E-state index < -0.39 is 5.91 Å². The number of primary amides is 1. The highest BCUT2D eigenvalue weighted by Crippen LogP contribution is 2.43. The fourth-order valence-electron chi connectivity index (χ4n) is 2.59. The first kappa shape index (κ1) is 12.2. The molecule has 5 nitrogen and oxygen atoms in total. The maximum absolute atomic E-state index is 11.5. The van der Waals surface area contributed by atoms with Crippen molar-refractivity contribution < 1.29 is 4.79 Å². The van der Waals surface area contributed by atoms with Crippen molar-refractivity contribution in [1.29, 1.82) is 0 Å². The number of nitrogens with two attached hydrogens (primary N) is 2. The number of nitrogens with zero attached hydrogens (tertiary/aromatic N) is 1. The number of hydrogen-bond donors (Lipinski definition) is 3. The Bertz CT molecular complexity index is 667. The van der Waals surface area contributed by atoms with Crippen LogP contribution in [0.25, 0.3) is 11.0 Å². The molecule has 2 aromatic rings. The summed E-state index contributed by atoms with van der Waals surface area (Å²) in [5, 5.41) is 0.957. The van der Waals surface area contributed by atoms with Crippen molar-refractivity contribution in [3.05, 3.63) is 29.1 Å². The Morgan fingerprint density at radius 3 is 2.68 bits per heavy atom. The normalized spacial score (nSPS) is 17.1. The van der Waals surface area contributed by atoms with Gasteiger partial charge in [-0.05, 0) is 30.4 Å². The zero-order valence-electron chi connectivity index (χ0n) is 11.2. The number of carbonyl (C=O) groups excluding carboxylic acids is 1. The molecule has 0 saturated heterocycles. The van der Waals surface area contributed by atoms with E-state index in [1.807, 2.05) is 19.9 Å². The molecule has 5 heteroatoms. The summed E-state index contributed by atoms with van der Waals surface area (Å²) in [7, 11) is 0. The Kier molecular flexibility index (Phi) is 2.44. The number of aromatic nitrogens is 2. The van der Waals surface area contributed by atoms with E-state index in [0.29, 0.717) is 5.56 Å². The van der Waals surface area contributed by atoms with Crippen LogP contribution in [0.2, 0.25) is 0 Å². The molecule has 1 saturated carbocycles. The zero-order valence-corrected chi connectivity index (χ0v) is 11.2. The number of hydrogen-bond acceptors (Lipinski definition) is 3. The second-order valence-electron chi connectivity index (χ2n) is 5.71. The molecule has 2 heterocycles. The molecule has 3 rings (SSSR count). The minimum atomic E-state index is -0.435. The van der Waals surface area contributed by atoms with Crippen molar-refractivity contribution in [1.82, 2.24) is 9.97 Å². The highest BCUT2D eigenvalue weighted by atomic mass is 16.1. The first-order valence-electron chi connectivity index (χ1n) is 6.53. The topological polar surface area (TPSA) is 97.8 Å². The third-order valence-corrected chi connectivity index (χ3v) is 3.87. The largest absolute Gasteiger partial charge is 0.366 e. The van der Waals surface area contributed by atoms with Gasteiger partial charge in [0.2, 0.25) is 0 Å². The van der Waals surface area contributed by atoms with Gasteiger partial charge in [0.15, 0.2) is 0 Å². The number of fused-ring (bicyclic) bond motifs is 1. The van der Waals surface area contributed by atoms with Crippen LogP contribution in [0, 0.1) is 0 Å². The third-order valence-electron chi connectivity index (χ3n) is 3.87. The fourth-order valence-corrected chi connectivity index (χ4v) is 2.59. The molecule has 1 fully saturated rings. The lowest BCUT2D eigenvalue weighted by atomic mass is 9.95. The van der Waals surface area contributed by atoms with Gasteiger partial charge in [-0.25, -0.2) is 4.98 Å². The molecule has 100 valence electrons. The Balaban J connectivity index is 2.27. The van der Waals surface area contributed by atoms with E-state index in [1.54, 1.807) is 6.20 Å². The molecule has 0 aliphatic heterocycles. The second-order valence-corrected chi connectivity index (χ2v) is 5.71. The van der Waals surface area contributed by atoms with Gasteiger partial charge >= 0.3 is 0 Å². The first-order chi connectivity index (χ1) is 8.92. The third kappa shape index (κ3) is 1.81. The summed E-state index contributed by atoms with van der Waals surface area (Å²) in [5.41, 5.74) is 14.6. The van der Waals surface area contributed by atoms with Crippen LogP contribution in [0.5, 0.6) is 0 Å². The van der Waals surface area contributed by atoms with Crippen LogP contribution in [0.15, 0.2) is 12.3 Å². The summed E-state index contributed by atoms with van der Waals surface area (Å²) >= 11 is 0. The van der Waals surface area contributed by atoms with Gasteiger partial charge in [0.1, 0.15) is 5.65 Å². The summed E-state index contributed by atoms with van der Waals surface area (Å²) in [6.07, 6.45) is 3.52. The summed E-state index contributed by atoms with van der Waals surface area (Å²) in [6.45, 7) is 4.09. The minimum Gasteiger partial charge on any atom is -0.366 e. The zero-order chi connectivity index (χ0) is 13.8. The average molecular weight is 258 g/mol. The monoisotopic (exact) mass is 258 g/mol. The van der Waals surface area contributed by atoms with E-state index in [9.17, 15) is 4.79 Å². The standard InChI is InChI=1S/C14H18N4O/c1-7(2)11-8-5-10(14(16)3-4-14)18-13(8)17-6-9(11)12(15)19/h5-7H,3-4,16H2,1-2H3,(H2,15,19)(H,17,18). The number of H-pyrrole nitrogens is 1. The molecule has 5 N–H and O–H groups in total. The van der Waals surface area contributed by atoms with Crippen molar-refractivity contribution in [2.45, 2.75) is 38.1 Å². The van der Waals surface area contributed by atoms with Crippen LogP contribution in [0.3, 0.4) is 0 Å². The molecule has 1 aliphatic carbocycles. The van der Waals surface area contributed by atoms with Gasteiger partial charge in [-0.15, -0.1) is 0 Å². The van der Waals surface area contributed by atoms with E-state index in [2.05, 4.69) is 9.97 Å². The van der Waals surface area contributed by atoms with E-state index >= 15 is 0 Å². The molecule has 1 amide bonds. The van der Waals surface area contributed by atoms with Crippen LogP contribution in [-0.2, 0) is 5.54 Å². The Hall–Kier alpha value is -1.88. The Morgan fingerprint density at radius 1 is 1.47 bits per heavy atom. The molecule has 0 unspecified atom stereocenters. The van der Waals surface area contributed by atoms with Gasteiger partial charge in [-0.2, -0.15) is 0 Å². The van der Waals surface area contributed by atoms with Gasteiger partial charge in [0.05, 0.1) is 11.1 Å². The summed E-state index contributed by atoms with van der Waals surface area (Å²) in [6, 6.07) is 2.02. The number of aromatic amines is 1. The summed E-state index contributed by atoms with van der Waals surface area (Å²) in [5.74, 6) is -0.237. The van der Waals surface area contributed by atoms with Crippen molar-refractivity contribution in [3.63, 3.8) is 0 Å². The fraction of sp³-hybridized carbons (Fsp3) is 0.429. The smallest absolute Gasteiger partial charge is 0.250 e. The maximum Gasteiger partial charge on any atom is 0.250 e. The van der Waals surface area contributed by atoms with Crippen LogP contribution < -0.4 is 11.5 Å². The number of carbonyl (C=O) groups is 1. The second kappa shape index (κ2) is 3.81. The van der Waals surface area contributed by atoms with Gasteiger partial charge in [-0.3, -0.25) is 4.79 Å². The molecule has 0 aromatic carbocycles. The van der Waals surface area contributed by atoms with Crippen LogP contribution in [-0.4, -0.2) is 15.9 Å². The molecule has 0 radical (unpaired) electrons. The van der Waals surface area contributed by atoms with Gasteiger partial charge < -0.3 is 16.5 Å². The van der Waals surface area contributed by atoms with Gasteiger partial charge in [-0.1, -0.05) is 13.8 Å². The number of nitrogens with one attached hydrogen (secondary N) is 1. The van der Waals surface area contributed by atoms with Crippen molar-refractivity contribution in [3.8, 4) is 0 Å². The molecule has 2 aromatic heterocycles. The van der Waals surface area contributed by atoms with E-state index in [1.165, 1.54) is 0 Å². The number of amides is 1. The molecule has 0 bridgehead atoms. The molecule has 19 heavy (non-hydrogen) atoms. The molecule has 1 aliphatic rings. The Labute approximate surface area is 111 Å². The number of pyridine rings is 1. The quantitative estimate of drug-likeness (QED) is 0.782. The van der Waals surface area contributed by atoms with E-state index in [4.69, 9.17) is 11.5 Å². The first-order valence-corrected chi connectivity index (χ1v) is 6.53. The predicted molar refractivity (Wildman–Crippen MR) is 73.8 cm³/mol. The predicted octanol–water partition coefficient (Wildman–Crippen LogP) is 1.73. The van der Waals surface area contributed by atoms with Crippen molar-refractivity contribution in [2.24, 2.45) is 11.5 Å². The molecular weight excluding hydrogens is 240 g/mol. The van der Waals surface area contributed by atoms with E-state index in [-0.39, 0.29) is 11.5 Å². The van der Waals surface area contributed by atoms with E-state index in [0.717, 1.165) is 35.1 Å². The summed E-state index contributed by atoms with van der Waals surface area (Å²) in [4.78, 5) is 19.1. The maximum atomic E-state index is 11.5. The lowest BCUT2D eigenvalue weighted by molar-refractivity contribution is 0.0999. The average Bonchev–Trinajstić information content (AvgIpc) is 2.93. The lowest BCUT2D eigenvalue weighted by Gasteiger charge is -2.11. The van der Waals surface area contributed by atoms with Crippen LogP contribution in [0.1, 0.15) is 54.2 Å². The molecular formula is C14H18N4O. The highest BCUT2D eigenvalue weighted by Gasteiger charge is 2.41. The summed E-state index contributed by atoms with van der Waals surface area (Å²) < 4.78 is 0. The number of rotatable bonds is 3. The molecule has 0 atom stereocenters. The van der Waals surface area contributed by atoms with Gasteiger partial charge in [0, 0.05) is 17.3 Å². The van der Waals surface area contributed by atoms with Crippen LogP contribution >= 0.6 is 0 Å². The SMILES string of the molecule is CC(C)c1c(C(N)=O)cnc2[nH]c(C3(N)CC3)cc12. The van der Waals surface area contributed by atoms with Crippen LogP contribution in [0.4, 0.5) is 0 Å². The lowest BCUT2D eigenvalue weighted by Crippen LogP contribution is -2.18. The highest BCUT2D eigenvalue weighted by molar-refractivity contribution is 5.99. The van der Waals surface area contributed by atoms with Crippen molar-refractivity contribution in [2.75, 3.05) is 0 Å². The minimum absolute atomic E-state index is 0.199.